The van der Waals surface area contributed by atoms with Gasteiger partial charge in [0.2, 0.25) is 0 Å². The number of aryl methyl sites for hydroxylation is 1. The number of rotatable bonds is 5. The molecule has 3 N–H and O–H groups in total. The number of anilines is 1. The number of thiocarbonyl (C=S) groups is 1. The molecule has 1 aromatic carbocycles. The Morgan fingerprint density at radius 3 is 2.89 bits per heavy atom. The smallest absolute Gasteiger partial charge is 0.152 e. The van der Waals surface area contributed by atoms with Crippen molar-refractivity contribution in [1.82, 2.24) is 14.8 Å². The van der Waals surface area contributed by atoms with Crippen LogP contribution in [0.3, 0.4) is 0 Å². The maximum Gasteiger partial charge on any atom is 0.152 e. The summed E-state index contributed by atoms with van der Waals surface area (Å²) in [5, 5.41) is 8.03. The summed E-state index contributed by atoms with van der Waals surface area (Å²) in [6.45, 7) is 0.705. The molecule has 0 atom stereocenters. The van der Waals surface area contributed by atoms with Gasteiger partial charge in [0.1, 0.15) is 11.3 Å². The predicted molar refractivity (Wildman–Crippen MR) is 80.5 cm³/mol. The first-order valence-electron chi connectivity index (χ1n) is 5.74. The summed E-state index contributed by atoms with van der Waals surface area (Å²) in [5.41, 5.74) is 7.15. The molecule has 5 nitrogen and oxygen atoms in total. The summed E-state index contributed by atoms with van der Waals surface area (Å²) in [5.74, 6) is 0.797. The lowest BCUT2D eigenvalue weighted by atomic mass is 10.2. The minimum Gasteiger partial charge on any atom is -0.389 e. The molecule has 1 aromatic heterocycles. The van der Waals surface area contributed by atoms with Crippen LogP contribution in [0, 0.1) is 0 Å². The SMILES string of the molecule is Cn1cnc(CCNc2ccc(C(N)=S)cc2Cl)n1. The van der Waals surface area contributed by atoms with Crippen LogP contribution in [0.5, 0.6) is 0 Å². The Morgan fingerprint density at radius 2 is 2.32 bits per heavy atom. The molecule has 19 heavy (non-hydrogen) atoms. The third-order valence-corrected chi connectivity index (χ3v) is 3.11. The van der Waals surface area contributed by atoms with Gasteiger partial charge in [0.05, 0.1) is 10.7 Å². The zero-order chi connectivity index (χ0) is 13.8. The molecule has 0 amide bonds. The highest BCUT2D eigenvalue weighted by Gasteiger charge is 2.04. The minimum absolute atomic E-state index is 0.339. The van der Waals surface area contributed by atoms with Crippen molar-refractivity contribution in [2.24, 2.45) is 12.8 Å². The number of nitrogens with two attached hydrogens (primary N) is 1. The molecule has 0 saturated carbocycles. The van der Waals surface area contributed by atoms with Crippen molar-refractivity contribution in [3.63, 3.8) is 0 Å². The van der Waals surface area contributed by atoms with Crippen molar-refractivity contribution >= 4 is 34.5 Å². The van der Waals surface area contributed by atoms with Gasteiger partial charge < -0.3 is 11.1 Å². The zero-order valence-electron chi connectivity index (χ0n) is 10.4. The summed E-state index contributed by atoms with van der Waals surface area (Å²) in [6, 6.07) is 5.46. The fraction of sp³-hybridized carbons (Fsp3) is 0.250. The van der Waals surface area contributed by atoms with Gasteiger partial charge in [0.25, 0.3) is 0 Å². The molecule has 0 radical (unpaired) electrons. The molecule has 2 rings (SSSR count). The molecule has 2 aromatic rings. The van der Waals surface area contributed by atoms with Crippen molar-refractivity contribution in [2.45, 2.75) is 6.42 Å². The number of nitrogens with one attached hydrogen (secondary N) is 1. The van der Waals surface area contributed by atoms with Gasteiger partial charge in [-0.25, -0.2) is 4.98 Å². The first kappa shape index (κ1) is 13.8. The maximum atomic E-state index is 6.15. The fourth-order valence-electron chi connectivity index (χ4n) is 1.62. The lowest BCUT2D eigenvalue weighted by Gasteiger charge is -2.08. The monoisotopic (exact) mass is 295 g/mol. The van der Waals surface area contributed by atoms with Gasteiger partial charge >= 0.3 is 0 Å². The van der Waals surface area contributed by atoms with Crippen molar-refractivity contribution < 1.29 is 0 Å². The van der Waals surface area contributed by atoms with Crippen molar-refractivity contribution in [1.29, 1.82) is 0 Å². The summed E-state index contributed by atoms with van der Waals surface area (Å²) < 4.78 is 1.68. The number of benzene rings is 1. The van der Waals surface area contributed by atoms with Crippen LogP contribution in [0.4, 0.5) is 5.69 Å². The predicted octanol–water partition coefficient (Wildman–Crippen LogP) is 1.76. The lowest BCUT2D eigenvalue weighted by molar-refractivity contribution is 0.742. The van der Waals surface area contributed by atoms with Crippen LogP contribution in [0.25, 0.3) is 0 Å². The number of halogens is 1. The van der Waals surface area contributed by atoms with E-state index in [0.717, 1.165) is 23.5 Å². The average Bonchev–Trinajstić information content (AvgIpc) is 2.77. The van der Waals surface area contributed by atoms with E-state index in [1.54, 1.807) is 17.1 Å². The van der Waals surface area contributed by atoms with Crippen LogP contribution in [0.1, 0.15) is 11.4 Å². The van der Waals surface area contributed by atoms with E-state index in [1.165, 1.54) is 0 Å². The molecule has 0 saturated heterocycles. The van der Waals surface area contributed by atoms with Crippen LogP contribution in [-0.2, 0) is 13.5 Å². The summed E-state index contributed by atoms with van der Waals surface area (Å²) in [6.07, 6.45) is 2.41. The van der Waals surface area contributed by atoms with Crippen molar-refractivity contribution in [3.8, 4) is 0 Å². The molecule has 0 aliphatic heterocycles. The number of hydrogen-bond donors (Lipinski definition) is 2. The molecule has 100 valence electrons. The van der Waals surface area contributed by atoms with Gasteiger partial charge in [0, 0.05) is 25.6 Å². The second-order valence-electron chi connectivity index (χ2n) is 4.07. The molecular formula is C12H14ClN5S. The van der Waals surface area contributed by atoms with Crippen LogP contribution >= 0.6 is 23.8 Å². The summed E-state index contributed by atoms with van der Waals surface area (Å²) >= 11 is 11.0. The van der Waals surface area contributed by atoms with E-state index in [9.17, 15) is 0 Å². The number of nitrogens with zero attached hydrogens (tertiary/aromatic N) is 3. The van der Waals surface area contributed by atoms with E-state index in [-0.39, 0.29) is 0 Å². The number of hydrogen-bond acceptors (Lipinski definition) is 4. The molecule has 0 aliphatic carbocycles. The maximum absolute atomic E-state index is 6.15. The molecule has 0 aliphatic rings. The molecule has 1 heterocycles. The molecule has 0 spiro atoms. The average molecular weight is 296 g/mol. The fourth-order valence-corrected chi connectivity index (χ4v) is 1.99. The molecule has 0 unspecified atom stereocenters. The van der Waals surface area contributed by atoms with E-state index < -0.39 is 0 Å². The third-order valence-electron chi connectivity index (χ3n) is 2.56. The normalized spacial score (nSPS) is 10.4. The van der Waals surface area contributed by atoms with Crippen LogP contribution in [-0.4, -0.2) is 26.3 Å². The standard InChI is InChI=1S/C12H14ClN5S/c1-18-7-16-11(17-18)4-5-15-10-3-2-8(12(14)19)6-9(10)13/h2-3,6-7,15H,4-5H2,1H3,(H2,14,19). The topological polar surface area (TPSA) is 68.8 Å². The Morgan fingerprint density at radius 1 is 1.53 bits per heavy atom. The lowest BCUT2D eigenvalue weighted by Crippen LogP contribution is -2.10. The Labute approximate surface area is 121 Å². The second kappa shape index (κ2) is 5.99. The molecule has 7 heteroatoms. The molecular weight excluding hydrogens is 282 g/mol. The molecule has 0 bridgehead atoms. The van der Waals surface area contributed by atoms with E-state index in [4.69, 9.17) is 29.6 Å². The van der Waals surface area contributed by atoms with Gasteiger partial charge in [-0.15, -0.1) is 0 Å². The highest BCUT2D eigenvalue weighted by atomic mass is 35.5. The van der Waals surface area contributed by atoms with Gasteiger partial charge in [-0.1, -0.05) is 23.8 Å². The first-order chi connectivity index (χ1) is 9.06. The van der Waals surface area contributed by atoms with Crippen molar-refractivity contribution in [2.75, 3.05) is 11.9 Å². The highest BCUT2D eigenvalue weighted by molar-refractivity contribution is 7.80. The second-order valence-corrected chi connectivity index (χ2v) is 4.92. The van der Waals surface area contributed by atoms with Crippen LogP contribution in [0.15, 0.2) is 24.5 Å². The third kappa shape index (κ3) is 3.65. The van der Waals surface area contributed by atoms with Crippen LogP contribution in [0.2, 0.25) is 5.02 Å². The van der Waals surface area contributed by atoms with E-state index >= 15 is 0 Å². The van der Waals surface area contributed by atoms with E-state index in [0.29, 0.717) is 16.6 Å². The summed E-state index contributed by atoms with van der Waals surface area (Å²) in [4.78, 5) is 4.49. The van der Waals surface area contributed by atoms with Gasteiger partial charge in [-0.2, -0.15) is 5.10 Å². The molecule has 0 fully saturated rings. The first-order valence-corrected chi connectivity index (χ1v) is 6.52. The largest absolute Gasteiger partial charge is 0.389 e. The van der Waals surface area contributed by atoms with Gasteiger partial charge in [-0.05, 0) is 18.2 Å². The van der Waals surface area contributed by atoms with Gasteiger partial charge in [0.15, 0.2) is 5.82 Å². The highest BCUT2D eigenvalue weighted by Crippen LogP contribution is 2.22. The van der Waals surface area contributed by atoms with Crippen molar-refractivity contribution in [3.05, 3.63) is 40.9 Å². The van der Waals surface area contributed by atoms with Gasteiger partial charge in [-0.3, -0.25) is 4.68 Å². The minimum atomic E-state index is 0.339. The Bertz CT molecular complexity index is 596. The quantitative estimate of drug-likeness (QED) is 0.823. The Balaban J connectivity index is 1.94. The zero-order valence-corrected chi connectivity index (χ0v) is 12.0. The number of aromatic nitrogens is 3. The van der Waals surface area contributed by atoms with E-state index in [2.05, 4.69) is 15.4 Å². The van der Waals surface area contributed by atoms with Crippen LogP contribution < -0.4 is 11.1 Å². The summed E-state index contributed by atoms with van der Waals surface area (Å²) in [7, 11) is 1.84. The Hall–Kier alpha value is -1.66. The van der Waals surface area contributed by atoms with E-state index in [1.807, 2.05) is 19.2 Å². The Kier molecular flexibility index (Phi) is 4.34.